The Morgan fingerprint density at radius 2 is 1.72 bits per heavy atom. The Kier molecular flexibility index (Phi) is 7.07. The van der Waals surface area contributed by atoms with Gasteiger partial charge in [0.2, 0.25) is 5.91 Å². The second-order valence-electron chi connectivity index (χ2n) is 5.56. The SMILES string of the molecule is CCN(C(=O)C(C)SCc1ccc(C(=O)OC)cc1)c1ccccc1. The Balaban J connectivity index is 1.95. The van der Waals surface area contributed by atoms with Gasteiger partial charge in [0, 0.05) is 18.0 Å². The van der Waals surface area contributed by atoms with E-state index in [0.29, 0.717) is 17.9 Å². The molecule has 0 radical (unpaired) electrons. The first-order chi connectivity index (χ1) is 12.1. The fourth-order valence-electron chi connectivity index (χ4n) is 2.44. The molecule has 1 atom stereocenters. The van der Waals surface area contributed by atoms with Gasteiger partial charge in [-0.3, -0.25) is 4.79 Å². The molecule has 0 heterocycles. The molecule has 0 aliphatic carbocycles. The van der Waals surface area contributed by atoms with Crippen LogP contribution in [0.4, 0.5) is 5.69 Å². The first-order valence-corrected chi connectivity index (χ1v) is 9.27. The first-order valence-electron chi connectivity index (χ1n) is 8.22. The van der Waals surface area contributed by atoms with E-state index in [1.807, 2.05) is 56.3 Å². The molecule has 0 saturated heterocycles. The summed E-state index contributed by atoms with van der Waals surface area (Å²) in [4.78, 5) is 26.0. The van der Waals surface area contributed by atoms with E-state index in [4.69, 9.17) is 4.74 Å². The number of thioether (sulfide) groups is 1. The molecular weight excluding hydrogens is 334 g/mol. The standard InChI is InChI=1S/C20H23NO3S/c1-4-21(18-8-6-5-7-9-18)19(22)15(2)25-14-16-10-12-17(13-11-16)20(23)24-3/h5-13,15H,4,14H2,1-3H3. The molecule has 2 aromatic rings. The summed E-state index contributed by atoms with van der Waals surface area (Å²) in [5, 5.41) is -0.152. The Bertz CT molecular complexity index is 701. The highest BCUT2D eigenvalue weighted by atomic mass is 32.2. The molecule has 0 fully saturated rings. The highest BCUT2D eigenvalue weighted by Gasteiger charge is 2.21. The zero-order valence-corrected chi connectivity index (χ0v) is 15.6. The number of anilines is 1. The third kappa shape index (κ3) is 5.10. The highest BCUT2D eigenvalue weighted by molar-refractivity contribution is 7.99. The van der Waals surface area contributed by atoms with Crippen molar-refractivity contribution in [2.24, 2.45) is 0 Å². The minimum atomic E-state index is -0.343. The zero-order chi connectivity index (χ0) is 18.2. The summed E-state index contributed by atoms with van der Waals surface area (Å²) in [6.45, 7) is 4.55. The molecule has 0 bridgehead atoms. The Hall–Kier alpha value is -2.27. The van der Waals surface area contributed by atoms with E-state index < -0.39 is 0 Å². The Morgan fingerprint density at radius 1 is 1.08 bits per heavy atom. The molecule has 2 rings (SSSR count). The van der Waals surface area contributed by atoms with Crippen LogP contribution < -0.4 is 4.90 Å². The number of carbonyl (C=O) groups excluding carboxylic acids is 2. The lowest BCUT2D eigenvalue weighted by molar-refractivity contribution is -0.117. The van der Waals surface area contributed by atoms with Crippen molar-refractivity contribution in [2.75, 3.05) is 18.6 Å². The molecule has 2 aromatic carbocycles. The van der Waals surface area contributed by atoms with Crippen LogP contribution in [0.5, 0.6) is 0 Å². The van der Waals surface area contributed by atoms with Gasteiger partial charge in [-0.15, -0.1) is 11.8 Å². The normalized spacial score (nSPS) is 11.6. The van der Waals surface area contributed by atoms with Crippen LogP contribution in [-0.4, -0.2) is 30.8 Å². The van der Waals surface area contributed by atoms with E-state index in [1.54, 1.807) is 28.8 Å². The first kappa shape index (κ1) is 19.1. The lowest BCUT2D eigenvalue weighted by Crippen LogP contribution is -2.36. The summed E-state index contributed by atoms with van der Waals surface area (Å²) in [5.41, 5.74) is 2.52. The van der Waals surface area contributed by atoms with Crippen molar-refractivity contribution >= 4 is 29.3 Å². The number of benzene rings is 2. The van der Waals surface area contributed by atoms with Crippen LogP contribution in [0.1, 0.15) is 29.8 Å². The average Bonchev–Trinajstić information content (AvgIpc) is 2.67. The van der Waals surface area contributed by atoms with E-state index in [2.05, 4.69) is 0 Å². The number of ether oxygens (including phenoxy) is 1. The van der Waals surface area contributed by atoms with E-state index in [1.165, 1.54) is 7.11 Å². The van der Waals surface area contributed by atoms with Crippen molar-refractivity contribution in [2.45, 2.75) is 24.9 Å². The van der Waals surface area contributed by atoms with Gasteiger partial charge in [0.25, 0.3) is 0 Å². The number of rotatable bonds is 7. The Morgan fingerprint density at radius 3 is 2.28 bits per heavy atom. The number of para-hydroxylation sites is 1. The maximum absolute atomic E-state index is 12.7. The molecule has 0 N–H and O–H groups in total. The molecule has 0 aliphatic rings. The van der Waals surface area contributed by atoms with Crippen molar-refractivity contribution in [3.05, 3.63) is 65.7 Å². The predicted octanol–water partition coefficient (Wildman–Crippen LogP) is 4.15. The van der Waals surface area contributed by atoms with Crippen molar-refractivity contribution in [1.82, 2.24) is 0 Å². The van der Waals surface area contributed by atoms with Crippen LogP contribution in [-0.2, 0) is 15.3 Å². The van der Waals surface area contributed by atoms with Gasteiger partial charge in [-0.1, -0.05) is 30.3 Å². The summed E-state index contributed by atoms with van der Waals surface area (Å²) < 4.78 is 4.69. The lowest BCUT2D eigenvalue weighted by atomic mass is 10.1. The average molecular weight is 357 g/mol. The van der Waals surface area contributed by atoms with Crippen LogP contribution >= 0.6 is 11.8 Å². The Labute approximate surface area is 153 Å². The van der Waals surface area contributed by atoms with Crippen LogP contribution in [0.25, 0.3) is 0 Å². The van der Waals surface area contributed by atoms with E-state index in [0.717, 1.165) is 11.3 Å². The highest BCUT2D eigenvalue weighted by Crippen LogP contribution is 2.23. The van der Waals surface area contributed by atoms with E-state index >= 15 is 0 Å². The number of esters is 1. The lowest BCUT2D eigenvalue weighted by Gasteiger charge is -2.24. The molecular formula is C20H23NO3S. The van der Waals surface area contributed by atoms with Crippen LogP contribution in [0.2, 0.25) is 0 Å². The third-order valence-corrected chi connectivity index (χ3v) is 5.07. The fourth-order valence-corrected chi connectivity index (χ4v) is 3.35. The quantitative estimate of drug-likeness (QED) is 0.699. The number of carbonyl (C=O) groups is 2. The van der Waals surface area contributed by atoms with Gasteiger partial charge < -0.3 is 9.64 Å². The van der Waals surface area contributed by atoms with Crippen LogP contribution in [0, 0.1) is 0 Å². The van der Waals surface area contributed by atoms with Crippen LogP contribution in [0.3, 0.4) is 0 Å². The summed E-state index contributed by atoms with van der Waals surface area (Å²) in [6, 6.07) is 17.0. The van der Waals surface area contributed by atoms with Gasteiger partial charge in [0.1, 0.15) is 0 Å². The maximum Gasteiger partial charge on any atom is 0.337 e. The summed E-state index contributed by atoms with van der Waals surface area (Å²) in [6.07, 6.45) is 0. The second-order valence-corrected chi connectivity index (χ2v) is 6.89. The number of nitrogens with zero attached hydrogens (tertiary/aromatic N) is 1. The third-order valence-electron chi connectivity index (χ3n) is 3.87. The topological polar surface area (TPSA) is 46.6 Å². The molecule has 1 unspecified atom stereocenters. The van der Waals surface area contributed by atoms with Crippen molar-refractivity contribution < 1.29 is 14.3 Å². The molecule has 4 nitrogen and oxygen atoms in total. The largest absolute Gasteiger partial charge is 0.465 e. The molecule has 25 heavy (non-hydrogen) atoms. The van der Waals surface area contributed by atoms with Gasteiger partial charge in [0.15, 0.2) is 0 Å². The van der Waals surface area contributed by atoms with E-state index in [9.17, 15) is 9.59 Å². The van der Waals surface area contributed by atoms with Gasteiger partial charge in [-0.05, 0) is 43.7 Å². The van der Waals surface area contributed by atoms with Gasteiger partial charge in [0.05, 0.1) is 17.9 Å². The van der Waals surface area contributed by atoms with Crippen molar-refractivity contribution in [1.29, 1.82) is 0 Å². The van der Waals surface area contributed by atoms with Gasteiger partial charge >= 0.3 is 5.97 Å². The van der Waals surface area contributed by atoms with Gasteiger partial charge in [-0.25, -0.2) is 4.79 Å². The minimum absolute atomic E-state index is 0.102. The van der Waals surface area contributed by atoms with Crippen LogP contribution in [0.15, 0.2) is 54.6 Å². The van der Waals surface area contributed by atoms with Crippen molar-refractivity contribution in [3.63, 3.8) is 0 Å². The summed E-state index contributed by atoms with van der Waals surface area (Å²) in [7, 11) is 1.37. The molecule has 0 aromatic heterocycles. The number of amides is 1. The molecule has 0 spiro atoms. The zero-order valence-electron chi connectivity index (χ0n) is 14.8. The predicted molar refractivity (Wildman–Crippen MR) is 103 cm³/mol. The second kappa shape index (κ2) is 9.28. The number of hydrogen-bond donors (Lipinski definition) is 0. The molecule has 132 valence electrons. The number of hydrogen-bond acceptors (Lipinski definition) is 4. The van der Waals surface area contributed by atoms with E-state index in [-0.39, 0.29) is 17.1 Å². The molecule has 1 amide bonds. The minimum Gasteiger partial charge on any atom is -0.465 e. The smallest absolute Gasteiger partial charge is 0.337 e. The maximum atomic E-state index is 12.7. The number of methoxy groups -OCH3 is 1. The van der Waals surface area contributed by atoms with Crippen molar-refractivity contribution in [3.8, 4) is 0 Å². The van der Waals surface area contributed by atoms with Gasteiger partial charge in [-0.2, -0.15) is 0 Å². The molecule has 5 heteroatoms. The summed E-state index contributed by atoms with van der Waals surface area (Å²) >= 11 is 1.59. The fraction of sp³-hybridized carbons (Fsp3) is 0.300. The molecule has 0 aliphatic heterocycles. The summed E-state index contributed by atoms with van der Waals surface area (Å²) in [5.74, 6) is 0.467. The molecule has 0 saturated carbocycles. The monoisotopic (exact) mass is 357 g/mol.